The number of pyridine rings is 3. The third-order valence-electron chi connectivity index (χ3n) is 9.14. The molecule has 260 valence electrons. The van der Waals surface area contributed by atoms with Gasteiger partial charge in [0.25, 0.3) is 23.5 Å². The number of H-pyrrole nitrogens is 1. The van der Waals surface area contributed by atoms with Gasteiger partial charge in [0.05, 0.1) is 42.6 Å². The number of piperazine rings is 1. The van der Waals surface area contributed by atoms with Crippen molar-refractivity contribution < 1.29 is 28.7 Å². The first kappa shape index (κ1) is 33.2. The largest absolute Gasteiger partial charge is 0.494 e. The van der Waals surface area contributed by atoms with Crippen molar-refractivity contribution in [2.75, 3.05) is 50.6 Å². The molecule has 4 aromatic heterocycles. The molecule has 5 aromatic rings. The first-order chi connectivity index (χ1) is 24.8. The quantitative estimate of drug-likeness (QED) is 0.193. The molecule has 0 radical (unpaired) electrons. The number of Topliss-reactive ketones (excluding diaryl/α,β-unsaturated/α-hetero) is 1. The number of aromatic nitrogens is 4. The fourth-order valence-corrected chi connectivity index (χ4v) is 6.32. The van der Waals surface area contributed by atoms with Gasteiger partial charge in [-0.25, -0.2) is 15.0 Å². The lowest BCUT2D eigenvalue weighted by Crippen LogP contribution is -2.52. The van der Waals surface area contributed by atoms with Crippen LogP contribution in [0.2, 0.25) is 0 Å². The van der Waals surface area contributed by atoms with Gasteiger partial charge in [0, 0.05) is 56.4 Å². The molecule has 3 aliphatic rings. The fraction of sp³-hybridized carbons (Fsp3) is 0.270. The number of fused-ring (bicyclic) bond motifs is 3. The molecule has 8 rings (SSSR count). The Kier molecular flexibility index (Phi) is 9.05. The maximum Gasteiger partial charge on any atom is 0.295 e. The lowest BCUT2D eigenvalue weighted by molar-refractivity contribution is -0.127. The van der Waals surface area contributed by atoms with Crippen LogP contribution in [0.4, 0.5) is 17.3 Å². The van der Waals surface area contributed by atoms with E-state index >= 15 is 0 Å². The second kappa shape index (κ2) is 13.9. The maximum absolute atomic E-state index is 13.0. The molecule has 6 heterocycles. The lowest BCUT2D eigenvalue weighted by Gasteiger charge is -2.34. The van der Waals surface area contributed by atoms with Crippen LogP contribution in [-0.4, -0.2) is 99.7 Å². The minimum atomic E-state index is -0.652. The van der Waals surface area contributed by atoms with Gasteiger partial charge in [0.1, 0.15) is 17.1 Å². The van der Waals surface area contributed by atoms with Gasteiger partial charge in [-0.3, -0.25) is 19.2 Å². The van der Waals surface area contributed by atoms with Crippen LogP contribution in [0.15, 0.2) is 73.3 Å². The van der Waals surface area contributed by atoms with Crippen molar-refractivity contribution in [1.29, 1.82) is 0 Å². The van der Waals surface area contributed by atoms with Gasteiger partial charge in [-0.1, -0.05) is 18.2 Å². The molecule has 14 nitrogen and oxygen atoms in total. The Morgan fingerprint density at radius 1 is 0.843 bits per heavy atom. The first-order valence-corrected chi connectivity index (χ1v) is 16.6. The number of hydrogen-bond donors (Lipinski definition) is 2. The second-order valence-corrected chi connectivity index (χ2v) is 12.3. The van der Waals surface area contributed by atoms with Crippen molar-refractivity contribution >= 4 is 51.7 Å². The fourth-order valence-electron chi connectivity index (χ4n) is 6.32. The Hall–Kier alpha value is -6.31. The molecule has 3 amide bonds. The van der Waals surface area contributed by atoms with Gasteiger partial charge in [0.2, 0.25) is 5.88 Å². The monoisotopic (exact) mass is 688 g/mol. The Balaban J connectivity index is 0.000000174. The van der Waals surface area contributed by atoms with E-state index in [0.717, 1.165) is 29.9 Å². The van der Waals surface area contributed by atoms with Gasteiger partial charge in [-0.15, -0.1) is 0 Å². The molecule has 0 spiro atoms. The summed E-state index contributed by atoms with van der Waals surface area (Å²) in [6.45, 7) is 3.28. The number of nitrogens with zero attached hydrogens (tertiary/aromatic N) is 6. The van der Waals surface area contributed by atoms with Crippen LogP contribution in [0.5, 0.6) is 11.6 Å². The van der Waals surface area contributed by atoms with E-state index in [-0.39, 0.29) is 30.5 Å². The average Bonchev–Trinajstić information content (AvgIpc) is 3.93. The average molecular weight is 689 g/mol. The molecular formula is C37H36N8O6. The van der Waals surface area contributed by atoms with E-state index in [1.54, 1.807) is 35.5 Å². The van der Waals surface area contributed by atoms with Gasteiger partial charge >= 0.3 is 0 Å². The number of benzene rings is 1. The summed E-state index contributed by atoms with van der Waals surface area (Å²) in [7, 11) is 2.94. The topological polar surface area (TPSA) is 163 Å². The number of aryl methyl sites for hydroxylation is 1. The molecule has 0 unspecified atom stereocenters. The molecule has 2 fully saturated rings. The van der Waals surface area contributed by atoms with E-state index in [9.17, 15) is 19.2 Å². The SMILES string of the molecule is COc1ncc(OC)c2c(C(=O)C(=O)N3CCN(C(=O)c4ccccc4)CC3)c[nH]c12.Cc1ccnc2c1NC(=O)c1cccnc1N2C1CC1. The molecule has 0 atom stereocenters. The predicted octanol–water partition coefficient (Wildman–Crippen LogP) is 4.40. The summed E-state index contributed by atoms with van der Waals surface area (Å²) in [5.41, 5.74) is 3.70. The summed E-state index contributed by atoms with van der Waals surface area (Å²) >= 11 is 0. The zero-order valence-corrected chi connectivity index (χ0v) is 28.4. The third kappa shape index (κ3) is 6.31. The van der Waals surface area contributed by atoms with Gasteiger partial charge in [-0.2, -0.15) is 0 Å². The van der Waals surface area contributed by atoms with Crippen molar-refractivity contribution in [3.05, 3.63) is 95.6 Å². The summed E-state index contributed by atoms with van der Waals surface area (Å²) < 4.78 is 10.5. The highest BCUT2D eigenvalue weighted by Crippen LogP contribution is 2.43. The van der Waals surface area contributed by atoms with E-state index in [0.29, 0.717) is 58.6 Å². The molecule has 0 bridgehead atoms. The van der Waals surface area contributed by atoms with Crippen molar-refractivity contribution in [1.82, 2.24) is 29.7 Å². The number of carbonyl (C=O) groups excluding carboxylic acids is 4. The first-order valence-electron chi connectivity index (χ1n) is 16.6. The maximum atomic E-state index is 13.0. The normalized spacial score (nSPS) is 15.1. The number of amides is 3. The van der Waals surface area contributed by atoms with Gasteiger partial charge in [0.15, 0.2) is 5.82 Å². The summed E-state index contributed by atoms with van der Waals surface area (Å²) in [4.78, 5) is 72.2. The van der Waals surface area contributed by atoms with Crippen LogP contribution < -0.4 is 19.7 Å². The third-order valence-corrected chi connectivity index (χ3v) is 9.14. The standard InChI is InChI=1S/C22H22N4O5.C15H14N4O/c1-30-16-13-24-20(31-2)18-17(16)15(12-23-18)19(27)22(29)26-10-8-25(9-11-26)21(28)14-6-4-3-5-7-14;1-9-6-8-17-14-12(9)18-15(20)11-3-2-7-16-13(11)19(14)10-4-5-10/h3-7,12-13,23H,8-11H2,1-2H3;2-3,6-8,10H,4-5H2,1H3,(H,18,20). The molecule has 2 N–H and O–H groups in total. The number of rotatable bonds is 6. The van der Waals surface area contributed by atoms with Crippen LogP contribution in [0.25, 0.3) is 10.9 Å². The Morgan fingerprint density at radius 2 is 1.57 bits per heavy atom. The summed E-state index contributed by atoms with van der Waals surface area (Å²) in [6, 6.07) is 14.9. The molecule has 2 aliphatic heterocycles. The molecule has 1 aliphatic carbocycles. The zero-order valence-electron chi connectivity index (χ0n) is 28.4. The highest BCUT2D eigenvalue weighted by molar-refractivity contribution is 6.45. The molecule has 1 aromatic carbocycles. The summed E-state index contributed by atoms with van der Waals surface area (Å²) in [5.74, 6) is 0.712. The Bertz CT molecular complexity index is 2140. The van der Waals surface area contributed by atoms with Crippen LogP contribution in [-0.2, 0) is 4.79 Å². The zero-order chi connectivity index (χ0) is 35.6. The summed E-state index contributed by atoms with van der Waals surface area (Å²) in [6.07, 6.45) is 8.64. The van der Waals surface area contributed by atoms with E-state index in [1.165, 1.54) is 31.5 Å². The van der Waals surface area contributed by atoms with Crippen LogP contribution in [0.3, 0.4) is 0 Å². The van der Waals surface area contributed by atoms with Gasteiger partial charge in [-0.05, 0) is 55.7 Å². The Labute approximate surface area is 293 Å². The molecule has 1 saturated heterocycles. The van der Waals surface area contributed by atoms with Crippen molar-refractivity contribution in [3.8, 4) is 11.6 Å². The Morgan fingerprint density at radius 3 is 2.27 bits per heavy atom. The van der Waals surface area contributed by atoms with Crippen molar-refractivity contribution in [2.24, 2.45) is 0 Å². The molecule has 14 heteroatoms. The number of carbonyl (C=O) groups is 4. The van der Waals surface area contributed by atoms with Crippen LogP contribution in [0, 0.1) is 6.92 Å². The number of ether oxygens (including phenoxy) is 2. The molecular weight excluding hydrogens is 652 g/mol. The highest BCUT2D eigenvalue weighted by Gasteiger charge is 2.38. The number of methoxy groups -OCH3 is 2. The highest BCUT2D eigenvalue weighted by atomic mass is 16.5. The second-order valence-electron chi connectivity index (χ2n) is 12.3. The smallest absolute Gasteiger partial charge is 0.295 e. The molecule has 1 saturated carbocycles. The van der Waals surface area contributed by atoms with Crippen LogP contribution in [0.1, 0.15) is 49.5 Å². The molecule has 51 heavy (non-hydrogen) atoms. The predicted molar refractivity (Wildman–Crippen MR) is 189 cm³/mol. The minimum absolute atomic E-state index is 0.0833. The number of ketones is 1. The van der Waals surface area contributed by atoms with E-state index < -0.39 is 11.7 Å². The summed E-state index contributed by atoms with van der Waals surface area (Å²) in [5, 5.41) is 3.43. The van der Waals surface area contributed by atoms with E-state index in [1.807, 2.05) is 37.3 Å². The van der Waals surface area contributed by atoms with Crippen molar-refractivity contribution in [2.45, 2.75) is 25.8 Å². The number of anilines is 3. The number of hydrogen-bond acceptors (Lipinski definition) is 10. The van der Waals surface area contributed by atoms with Crippen molar-refractivity contribution in [3.63, 3.8) is 0 Å². The van der Waals surface area contributed by atoms with E-state index in [2.05, 4.69) is 30.2 Å². The number of aromatic amines is 1. The van der Waals surface area contributed by atoms with Crippen LogP contribution >= 0.6 is 0 Å². The lowest BCUT2D eigenvalue weighted by atomic mass is 10.1. The minimum Gasteiger partial charge on any atom is -0.494 e. The van der Waals surface area contributed by atoms with E-state index in [4.69, 9.17) is 9.47 Å². The van der Waals surface area contributed by atoms with Gasteiger partial charge < -0.3 is 34.5 Å². The number of nitrogens with one attached hydrogen (secondary N) is 2.